The van der Waals surface area contributed by atoms with Crippen molar-refractivity contribution in [2.75, 3.05) is 0 Å². The van der Waals surface area contributed by atoms with Crippen molar-refractivity contribution in [3.63, 3.8) is 0 Å². The van der Waals surface area contributed by atoms with Crippen molar-refractivity contribution < 1.29 is 0 Å². The maximum Gasteiger partial charge on any atom is 0.0544 e. The predicted octanol–water partition coefficient (Wildman–Crippen LogP) is 11.3. The first-order chi connectivity index (χ1) is 19.7. The van der Waals surface area contributed by atoms with Crippen LogP contribution in [0, 0.1) is 0 Å². The third kappa shape index (κ3) is 3.63. The van der Waals surface area contributed by atoms with Crippen molar-refractivity contribution in [2.45, 2.75) is 0 Å². The molecule has 1 nitrogen and oxygen atoms in total. The van der Waals surface area contributed by atoms with Gasteiger partial charge in [-0.2, -0.15) is 0 Å². The average Bonchev–Trinajstić information content (AvgIpc) is 3.40. The Labute approximate surface area is 237 Å². The van der Waals surface area contributed by atoms with Crippen LogP contribution in [0.3, 0.4) is 0 Å². The smallest absolute Gasteiger partial charge is 0.0544 e. The fourth-order valence-corrected chi connectivity index (χ4v) is 6.39. The van der Waals surface area contributed by atoms with Crippen molar-refractivity contribution in [1.29, 1.82) is 0 Å². The van der Waals surface area contributed by atoms with Crippen LogP contribution in [0.1, 0.15) is 0 Å². The van der Waals surface area contributed by atoms with E-state index in [4.69, 9.17) is 11.6 Å². The Morgan fingerprint density at radius 1 is 0.400 bits per heavy atom. The van der Waals surface area contributed by atoms with Gasteiger partial charge in [0.2, 0.25) is 0 Å². The number of hydrogen-bond acceptors (Lipinski definition) is 0. The standard InChI is InChI=1S/C38H24ClN/c39-36-20-19-25(22-35(36)34-23-27-9-1-2-12-28(27)30-13-3-4-14-31(30)34)24-10-7-11-26(21-24)29-16-8-17-33-32-15-5-6-18-37(32)40-38(29)33/h1-23,40H. The van der Waals surface area contributed by atoms with E-state index in [0.29, 0.717) is 0 Å². The molecule has 0 aliphatic heterocycles. The van der Waals surface area contributed by atoms with E-state index in [2.05, 4.69) is 138 Å². The molecule has 0 bridgehead atoms. The molecule has 40 heavy (non-hydrogen) atoms. The van der Waals surface area contributed by atoms with Gasteiger partial charge in [0.05, 0.1) is 5.52 Å². The molecule has 0 saturated heterocycles. The second kappa shape index (κ2) is 9.12. The lowest BCUT2D eigenvalue weighted by molar-refractivity contribution is 1.53. The highest BCUT2D eigenvalue weighted by atomic mass is 35.5. The van der Waals surface area contributed by atoms with Crippen molar-refractivity contribution in [3.05, 3.63) is 145 Å². The molecule has 0 unspecified atom stereocenters. The number of fused-ring (bicyclic) bond motifs is 6. The first kappa shape index (κ1) is 23.1. The molecule has 1 heterocycles. The normalized spacial score (nSPS) is 11.6. The molecule has 1 aromatic heterocycles. The molecule has 0 spiro atoms. The van der Waals surface area contributed by atoms with Gasteiger partial charge in [-0.1, -0.05) is 121 Å². The van der Waals surface area contributed by atoms with E-state index in [-0.39, 0.29) is 0 Å². The zero-order chi connectivity index (χ0) is 26.6. The first-order valence-electron chi connectivity index (χ1n) is 13.6. The van der Waals surface area contributed by atoms with Gasteiger partial charge in [0, 0.05) is 32.4 Å². The number of para-hydroxylation sites is 2. The highest BCUT2D eigenvalue weighted by Gasteiger charge is 2.14. The highest BCUT2D eigenvalue weighted by molar-refractivity contribution is 6.34. The molecule has 0 atom stereocenters. The Hall–Kier alpha value is -4.85. The summed E-state index contributed by atoms with van der Waals surface area (Å²) in [7, 11) is 0. The Morgan fingerprint density at radius 2 is 1.07 bits per heavy atom. The molecule has 0 saturated carbocycles. The number of aromatic amines is 1. The number of nitrogens with one attached hydrogen (secondary N) is 1. The van der Waals surface area contributed by atoms with Crippen LogP contribution in [0.2, 0.25) is 5.02 Å². The number of H-pyrrole nitrogens is 1. The minimum atomic E-state index is 0.753. The summed E-state index contributed by atoms with van der Waals surface area (Å²) >= 11 is 6.90. The van der Waals surface area contributed by atoms with E-state index in [1.807, 2.05) is 6.07 Å². The van der Waals surface area contributed by atoms with Crippen LogP contribution in [-0.4, -0.2) is 4.98 Å². The monoisotopic (exact) mass is 529 g/mol. The number of hydrogen-bond donors (Lipinski definition) is 1. The van der Waals surface area contributed by atoms with Crippen LogP contribution < -0.4 is 0 Å². The molecule has 0 fully saturated rings. The van der Waals surface area contributed by atoms with Crippen LogP contribution in [0.25, 0.3) is 76.7 Å². The lowest BCUT2D eigenvalue weighted by atomic mass is 9.91. The largest absolute Gasteiger partial charge is 0.354 e. The lowest BCUT2D eigenvalue weighted by Crippen LogP contribution is -1.88. The van der Waals surface area contributed by atoms with Crippen molar-refractivity contribution in [2.24, 2.45) is 0 Å². The van der Waals surface area contributed by atoms with Crippen LogP contribution in [-0.2, 0) is 0 Å². The molecule has 1 N–H and O–H groups in total. The van der Waals surface area contributed by atoms with E-state index < -0.39 is 0 Å². The first-order valence-corrected chi connectivity index (χ1v) is 13.9. The quantitative estimate of drug-likeness (QED) is 0.219. The minimum Gasteiger partial charge on any atom is -0.354 e. The number of aromatic nitrogens is 1. The van der Waals surface area contributed by atoms with E-state index in [1.54, 1.807) is 0 Å². The predicted molar refractivity (Wildman–Crippen MR) is 172 cm³/mol. The summed E-state index contributed by atoms with van der Waals surface area (Å²) in [6.07, 6.45) is 0. The lowest BCUT2D eigenvalue weighted by Gasteiger charge is -2.14. The van der Waals surface area contributed by atoms with Gasteiger partial charge in [0.1, 0.15) is 0 Å². The van der Waals surface area contributed by atoms with Crippen molar-refractivity contribution in [1.82, 2.24) is 4.98 Å². The van der Waals surface area contributed by atoms with Gasteiger partial charge in [0.15, 0.2) is 0 Å². The summed E-state index contributed by atoms with van der Waals surface area (Å²) in [5.41, 5.74) is 9.21. The van der Waals surface area contributed by atoms with E-state index >= 15 is 0 Å². The molecule has 8 rings (SSSR count). The summed E-state index contributed by atoms with van der Waals surface area (Å²) in [5, 5.41) is 8.17. The van der Waals surface area contributed by atoms with Crippen molar-refractivity contribution in [3.8, 4) is 33.4 Å². The van der Waals surface area contributed by atoms with Gasteiger partial charge >= 0.3 is 0 Å². The Balaban J connectivity index is 1.29. The summed E-state index contributed by atoms with van der Waals surface area (Å²) in [5.74, 6) is 0. The van der Waals surface area contributed by atoms with Gasteiger partial charge in [-0.05, 0) is 74.1 Å². The highest BCUT2D eigenvalue weighted by Crippen LogP contribution is 2.40. The van der Waals surface area contributed by atoms with Gasteiger partial charge in [-0.25, -0.2) is 0 Å². The fraction of sp³-hybridized carbons (Fsp3) is 0. The molecule has 0 amide bonds. The molecule has 188 valence electrons. The Kier molecular flexibility index (Phi) is 5.26. The molecule has 2 heteroatoms. The molecule has 8 aromatic rings. The number of halogens is 1. The Bertz CT molecular complexity index is 2240. The molecule has 0 aliphatic carbocycles. The molecular formula is C38H24ClN. The molecule has 0 radical (unpaired) electrons. The zero-order valence-corrected chi connectivity index (χ0v) is 22.4. The zero-order valence-electron chi connectivity index (χ0n) is 21.7. The number of benzene rings is 7. The second-order valence-electron chi connectivity index (χ2n) is 10.4. The van der Waals surface area contributed by atoms with Gasteiger partial charge in [-0.15, -0.1) is 0 Å². The molecular weight excluding hydrogens is 506 g/mol. The average molecular weight is 530 g/mol. The minimum absolute atomic E-state index is 0.753. The number of rotatable bonds is 3. The van der Waals surface area contributed by atoms with Crippen LogP contribution >= 0.6 is 11.6 Å². The van der Waals surface area contributed by atoms with Gasteiger partial charge in [-0.3, -0.25) is 0 Å². The molecule has 0 aliphatic rings. The van der Waals surface area contributed by atoms with Gasteiger partial charge < -0.3 is 4.98 Å². The maximum absolute atomic E-state index is 6.90. The SMILES string of the molecule is Clc1ccc(-c2cccc(-c3cccc4c3[nH]c3ccccc34)c2)cc1-c1cc2ccccc2c2ccccc12. The van der Waals surface area contributed by atoms with E-state index in [0.717, 1.165) is 32.8 Å². The maximum atomic E-state index is 6.90. The fourth-order valence-electron chi connectivity index (χ4n) is 6.17. The third-order valence-electron chi connectivity index (χ3n) is 8.07. The van der Waals surface area contributed by atoms with Gasteiger partial charge in [0.25, 0.3) is 0 Å². The summed E-state index contributed by atoms with van der Waals surface area (Å²) in [6, 6.07) is 49.7. The molecule has 7 aromatic carbocycles. The topological polar surface area (TPSA) is 15.8 Å². The summed E-state index contributed by atoms with van der Waals surface area (Å²) in [4.78, 5) is 3.66. The van der Waals surface area contributed by atoms with Crippen LogP contribution in [0.5, 0.6) is 0 Å². The third-order valence-corrected chi connectivity index (χ3v) is 8.40. The Morgan fingerprint density at radius 3 is 1.98 bits per heavy atom. The van der Waals surface area contributed by atoms with E-state index in [1.165, 1.54) is 49.0 Å². The summed E-state index contributed by atoms with van der Waals surface area (Å²) in [6.45, 7) is 0. The van der Waals surface area contributed by atoms with Crippen LogP contribution in [0.15, 0.2) is 140 Å². The summed E-state index contributed by atoms with van der Waals surface area (Å²) < 4.78 is 0. The van der Waals surface area contributed by atoms with Crippen molar-refractivity contribution >= 4 is 55.0 Å². The van der Waals surface area contributed by atoms with Crippen LogP contribution in [0.4, 0.5) is 0 Å². The second-order valence-corrected chi connectivity index (χ2v) is 10.8. The van der Waals surface area contributed by atoms with E-state index in [9.17, 15) is 0 Å².